The highest BCUT2D eigenvalue weighted by Gasteiger charge is 2.17. The summed E-state index contributed by atoms with van der Waals surface area (Å²) in [6, 6.07) is 12.1. The molecule has 2 N–H and O–H groups in total. The second-order valence-corrected chi connectivity index (χ2v) is 7.04. The highest BCUT2D eigenvalue weighted by Crippen LogP contribution is 2.30. The van der Waals surface area contributed by atoms with Gasteiger partial charge in [-0.2, -0.15) is 0 Å². The molecule has 1 aliphatic heterocycles. The van der Waals surface area contributed by atoms with E-state index < -0.39 is 6.10 Å². The molecule has 1 aromatic heterocycles. The number of benzene rings is 2. The van der Waals surface area contributed by atoms with E-state index in [1.54, 1.807) is 6.07 Å². The topological polar surface area (TPSA) is 92.4 Å². The highest BCUT2D eigenvalue weighted by atomic mass is 16.5. The Bertz CT molecular complexity index is 1030. The normalized spacial score (nSPS) is 16.0. The lowest BCUT2D eigenvalue weighted by Crippen LogP contribution is -2.42. The largest absolute Gasteiger partial charge is 0.507 e. The van der Waals surface area contributed by atoms with Gasteiger partial charge in [-0.3, -0.25) is 9.69 Å². The molecule has 1 fully saturated rings. The van der Waals surface area contributed by atoms with E-state index in [4.69, 9.17) is 13.9 Å². The number of hydrogen-bond acceptors (Lipinski definition) is 7. The van der Waals surface area contributed by atoms with Crippen LogP contribution in [-0.2, 0) is 4.74 Å². The maximum atomic E-state index is 12.8. The van der Waals surface area contributed by atoms with Gasteiger partial charge in [-0.15, -0.1) is 0 Å². The molecule has 0 amide bonds. The van der Waals surface area contributed by atoms with Crippen molar-refractivity contribution in [2.24, 2.45) is 0 Å². The van der Waals surface area contributed by atoms with Crippen molar-refractivity contribution in [3.63, 3.8) is 0 Å². The van der Waals surface area contributed by atoms with Crippen LogP contribution in [0, 0.1) is 0 Å². The maximum Gasteiger partial charge on any atom is 0.204 e. The van der Waals surface area contributed by atoms with Gasteiger partial charge in [0.2, 0.25) is 5.43 Å². The van der Waals surface area contributed by atoms with Gasteiger partial charge in [0.15, 0.2) is 0 Å². The quantitative estimate of drug-likeness (QED) is 0.659. The second-order valence-electron chi connectivity index (χ2n) is 7.04. The van der Waals surface area contributed by atoms with Gasteiger partial charge >= 0.3 is 0 Å². The minimum atomic E-state index is -0.682. The standard InChI is InChI=1S/C22H23NO6/c24-16(12-23-6-8-27-9-7-23)13-28-17-10-19(25)21-20(11-17)29-14-18(22(21)26)15-4-2-1-3-5-15/h1-5,10-11,14,16,24-25H,6-9,12-13H2. The average molecular weight is 397 g/mol. The number of fused-ring (bicyclic) bond motifs is 1. The Hall–Kier alpha value is -2.87. The van der Waals surface area contributed by atoms with Crippen LogP contribution in [0.15, 0.2) is 57.9 Å². The van der Waals surface area contributed by atoms with Crippen molar-refractivity contribution in [1.82, 2.24) is 4.90 Å². The fourth-order valence-corrected chi connectivity index (χ4v) is 3.44. The fourth-order valence-electron chi connectivity index (χ4n) is 3.44. The Morgan fingerprint density at radius 2 is 1.90 bits per heavy atom. The molecule has 1 aliphatic rings. The summed E-state index contributed by atoms with van der Waals surface area (Å²) >= 11 is 0. The van der Waals surface area contributed by atoms with E-state index >= 15 is 0 Å². The van der Waals surface area contributed by atoms with Crippen LogP contribution in [0.5, 0.6) is 11.5 Å². The SMILES string of the molecule is O=c1c(-c2ccccc2)coc2cc(OCC(O)CN3CCOCC3)cc(O)c12. The number of rotatable bonds is 6. The van der Waals surface area contributed by atoms with Crippen LogP contribution in [0.2, 0.25) is 0 Å². The number of hydrogen-bond donors (Lipinski definition) is 2. The van der Waals surface area contributed by atoms with E-state index in [1.807, 2.05) is 30.3 Å². The van der Waals surface area contributed by atoms with Crippen molar-refractivity contribution in [3.05, 3.63) is 59.0 Å². The first kappa shape index (κ1) is 19.4. The molecular weight excluding hydrogens is 374 g/mol. The lowest BCUT2D eigenvalue weighted by atomic mass is 10.1. The summed E-state index contributed by atoms with van der Waals surface area (Å²) in [4.78, 5) is 14.9. The predicted molar refractivity (Wildman–Crippen MR) is 108 cm³/mol. The number of ether oxygens (including phenoxy) is 2. The van der Waals surface area contributed by atoms with E-state index in [0.717, 1.165) is 13.1 Å². The van der Waals surface area contributed by atoms with Crippen molar-refractivity contribution in [2.45, 2.75) is 6.10 Å². The number of β-amino-alcohol motifs (C(OH)–C–C–N with tert-alkyl or cyclic N) is 1. The Balaban J connectivity index is 1.51. The van der Waals surface area contributed by atoms with Gasteiger partial charge in [0.05, 0.1) is 18.8 Å². The van der Waals surface area contributed by atoms with Crippen LogP contribution in [-0.4, -0.2) is 60.7 Å². The first-order valence-electron chi connectivity index (χ1n) is 9.57. The van der Waals surface area contributed by atoms with Crippen LogP contribution in [0.3, 0.4) is 0 Å². The van der Waals surface area contributed by atoms with Crippen molar-refractivity contribution >= 4 is 11.0 Å². The van der Waals surface area contributed by atoms with Gasteiger partial charge < -0.3 is 24.1 Å². The smallest absolute Gasteiger partial charge is 0.204 e. The maximum absolute atomic E-state index is 12.8. The lowest BCUT2D eigenvalue weighted by molar-refractivity contribution is 0.00464. The Kier molecular flexibility index (Phi) is 5.80. The molecule has 0 bridgehead atoms. The number of aliphatic hydroxyl groups is 1. The second kappa shape index (κ2) is 8.65. The summed E-state index contributed by atoms with van der Waals surface area (Å²) in [5, 5.41) is 20.7. The number of phenols is 1. The molecule has 1 saturated heterocycles. The third-order valence-electron chi connectivity index (χ3n) is 4.93. The molecule has 0 spiro atoms. The van der Waals surface area contributed by atoms with E-state index in [2.05, 4.69) is 4.90 Å². The zero-order valence-corrected chi connectivity index (χ0v) is 15.9. The molecule has 0 saturated carbocycles. The van der Waals surface area contributed by atoms with Gasteiger partial charge in [-0.25, -0.2) is 0 Å². The summed E-state index contributed by atoms with van der Waals surface area (Å²) in [6.45, 7) is 3.44. The highest BCUT2D eigenvalue weighted by molar-refractivity contribution is 5.88. The van der Waals surface area contributed by atoms with E-state index in [9.17, 15) is 15.0 Å². The minimum absolute atomic E-state index is 0.0641. The number of phenolic OH excluding ortho intramolecular Hbond substituents is 1. The van der Waals surface area contributed by atoms with Gasteiger partial charge in [0.25, 0.3) is 0 Å². The molecule has 2 aromatic carbocycles. The monoisotopic (exact) mass is 397 g/mol. The van der Waals surface area contributed by atoms with Gasteiger partial charge in [0.1, 0.15) is 41.4 Å². The minimum Gasteiger partial charge on any atom is -0.507 e. The zero-order chi connectivity index (χ0) is 20.2. The molecular formula is C22H23NO6. The Morgan fingerprint density at radius 3 is 2.66 bits per heavy atom. The molecule has 7 heteroatoms. The van der Waals surface area contributed by atoms with Crippen LogP contribution in [0.25, 0.3) is 22.1 Å². The van der Waals surface area contributed by atoms with Crippen molar-refractivity contribution < 1.29 is 24.1 Å². The van der Waals surface area contributed by atoms with Crippen LogP contribution < -0.4 is 10.2 Å². The summed E-state index contributed by atoms with van der Waals surface area (Å²) in [7, 11) is 0. The lowest BCUT2D eigenvalue weighted by Gasteiger charge is -2.28. The summed E-state index contributed by atoms with van der Waals surface area (Å²) in [5.74, 6) is 0.110. The predicted octanol–water partition coefficient (Wildman–Crippen LogP) is 2.24. The molecule has 0 aliphatic carbocycles. The third kappa shape index (κ3) is 4.42. The Morgan fingerprint density at radius 1 is 1.14 bits per heavy atom. The first-order valence-corrected chi connectivity index (χ1v) is 9.57. The van der Waals surface area contributed by atoms with E-state index in [0.29, 0.717) is 36.6 Å². The number of nitrogens with zero attached hydrogens (tertiary/aromatic N) is 1. The third-order valence-corrected chi connectivity index (χ3v) is 4.93. The number of aromatic hydroxyl groups is 1. The van der Waals surface area contributed by atoms with Gasteiger partial charge in [0, 0.05) is 31.8 Å². The average Bonchev–Trinajstić information content (AvgIpc) is 2.73. The van der Waals surface area contributed by atoms with Crippen molar-refractivity contribution in [3.8, 4) is 22.6 Å². The molecule has 3 aromatic rings. The molecule has 7 nitrogen and oxygen atoms in total. The molecule has 0 radical (unpaired) electrons. The molecule has 2 heterocycles. The number of aliphatic hydroxyl groups excluding tert-OH is 1. The van der Waals surface area contributed by atoms with Crippen molar-refractivity contribution in [2.75, 3.05) is 39.5 Å². The summed E-state index contributed by atoms with van der Waals surface area (Å²) in [6.07, 6.45) is 0.703. The summed E-state index contributed by atoms with van der Waals surface area (Å²) in [5.41, 5.74) is 1.01. The van der Waals surface area contributed by atoms with Gasteiger partial charge in [-0.1, -0.05) is 30.3 Å². The molecule has 4 rings (SSSR count). The summed E-state index contributed by atoms with van der Waals surface area (Å²) < 4.78 is 16.5. The zero-order valence-electron chi connectivity index (χ0n) is 15.9. The molecule has 1 unspecified atom stereocenters. The fraction of sp³-hybridized carbons (Fsp3) is 0.318. The molecule has 29 heavy (non-hydrogen) atoms. The first-order chi connectivity index (χ1) is 14.1. The number of morpholine rings is 1. The molecule has 152 valence electrons. The van der Waals surface area contributed by atoms with Gasteiger partial charge in [-0.05, 0) is 5.56 Å². The van der Waals surface area contributed by atoms with E-state index in [-0.39, 0.29) is 28.8 Å². The van der Waals surface area contributed by atoms with Crippen LogP contribution in [0.1, 0.15) is 0 Å². The van der Waals surface area contributed by atoms with Crippen LogP contribution >= 0.6 is 0 Å². The van der Waals surface area contributed by atoms with Crippen LogP contribution in [0.4, 0.5) is 0 Å². The van der Waals surface area contributed by atoms with Crippen molar-refractivity contribution in [1.29, 1.82) is 0 Å². The van der Waals surface area contributed by atoms with E-state index in [1.165, 1.54) is 12.3 Å². The molecule has 1 atom stereocenters. The Labute approximate surface area is 167 Å².